The van der Waals surface area contributed by atoms with Crippen molar-refractivity contribution in [1.82, 2.24) is 9.78 Å². The summed E-state index contributed by atoms with van der Waals surface area (Å²) in [6, 6.07) is 8.53. The van der Waals surface area contributed by atoms with E-state index in [0.717, 1.165) is 36.6 Å². The first-order valence-electron chi connectivity index (χ1n) is 6.01. The summed E-state index contributed by atoms with van der Waals surface area (Å²) in [6.07, 6.45) is 2.22. The van der Waals surface area contributed by atoms with Crippen LogP contribution in [0.3, 0.4) is 0 Å². The molecule has 1 aromatic carbocycles. The Bertz CT molecular complexity index is 557. The number of ether oxygens (including phenoxy) is 1. The van der Waals surface area contributed by atoms with E-state index in [1.54, 1.807) is 0 Å². The van der Waals surface area contributed by atoms with Crippen molar-refractivity contribution < 1.29 is 4.74 Å². The average molecular weight is 228 g/mol. The molecule has 0 fully saturated rings. The number of aromatic nitrogens is 2. The molecule has 0 spiro atoms. The molecule has 0 saturated heterocycles. The first-order valence-corrected chi connectivity index (χ1v) is 6.01. The van der Waals surface area contributed by atoms with Gasteiger partial charge < -0.3 is 4.74 Å². The lowest BCUT2D eigenvalue weighted by molar-refractivity contribution is 0.288. The molecule has 3 nitrogen and oxygen atoms in total. The zero-order valence-electron chi connectivity index (χ0n) is 10.2. The van der Waals surface area contributed by atoms with Crippen LogP contribution in [0.4, 0.5) is 0 Å². The molecule has 0 amide bonds. The molecule has 1 aliphatic rings. The van der Waals surface area contributed by atoms with Gasteiger partial charge in [0.25, 0.3) is 0 Å². The first kappa shape index (κ1) is 10.4. The van der Waals surface area contributed by atoms with Crippen molar-refractivity contribution in [1.29, 1.82) is 0 Å². The maximum atomic E-state index is 5.63. The van der Waals surface area contributed by atoms with Crippen LogP contribution in [0.5, 0.6) is 5.75 Å². The minimum absolute atomic E-state index is 0.844. The van der Waals surface area contributed by atoms with E-state index < -0.39 is 0 Å². The minimum atomic E-state index is 0.844. The third-order valence-electron chi connectivity index (χ3n) is 3.21. The molecule has 0 bridgehead atoms. The summed E-state index contributed by atoms with van der Waals surface area (Å²) in [6.45, 7) is 2.86. The van der Waals surface area contributed by atoms with Crippen LogP contribution in [0.15, 0.2) is 24.3 Å². The quantitative estimate of drug-likeness (QED) is 0.750. The zero-order valence-corrected chi connectivity index (χ0v) is 10.2. The molecule has 17 heavy (non-hydrogen) atoms. The summed E-state index contributed by atoms with van der Waals surface area (Å²) >= 11 is 0. The summed E-state index contributed by atoms with van der Waals surface area (Å²) < 4.78 is 7.56. The van der Waals surface area contributed by atoms with Gasteiger partial charge in [0.1, 0.15) is 5.75 Å². The Kier molecular flexibility index (Phi) is 2.39. The van der Waals surface area contributed by atoms with E-state index in [1.807, 2.05) is 18.7 Å². The molecule has 1 aliphatic heterocycles. The number of nitrogens with zero attached hydrogens (tertiary/aromatic N) is 2. The van der Waals surface area contributed by atoms with E-state index in [4.69, 9.17) is 4.74 Å². The van der Waals surface area contributed by atoms with Gasteiger partial charge in [0, 0.05) is 12.6 Å². The lowest BCUT2D eigenvalue weighted by atomic mass is 10.0. The van der Waals surface area contributed by atoms with Gasteiger partial charge in [-0.1, -0.05) is 0 Å². The SMILES string of the molecule is Cc1cc(-c2ccc3c(c2)CCCO3)n(C)n1. The third-order valence-corrected chi connectivity index (χ3v) is 3.21. The highest BCUT2D eigenvalue weighted by molar-refractivity contribution is 5.63. The number of benzene rings is 1. The molecule has 0 atom stereocenters. The normalized spacial score (nSPS) is 14.2. The van der Waals surface area contributed by atoms with Crippen LogP contribution in [0, 0.1) is 6.92 Å². The van der Waals surface area contributed by atoms with E-state index in [1.165, 1.54) is 11.1 Å². The first-order chi connectivity index (χ1) is 8.24. The Morgan fingerprint density at radius 3 is 2.94 bits per heavy atom. The smallest absolute Gasteiger partial charge is 0.122 e. The largest absolute Gasteiger partial charge is 0.493 e. The second kappa shape index (κ2) is 3.91. The van der Waals surface area contributed by atoms with Crippen molar-refractivity contribution in [3.63, 3.8) is 0 Å². The van der Waals surface area contributed by atoms with Crippen molar-refractivity contribution in [2.45, 2.75) is 19.8 Å². The van der Waals surface area contributed by atoms with Crippen molar-refractivity contribution >= 4 is 0 Å². The summed E-state index contributed by atoms with van der Waals surface area (Å²) in [4.78, 5) is 0. The standard InChI is InChI=1S/C14H16N2O/c1-10-8-13(16(2)15-10)11-5-6-14-12(9-11)4-3-7-17-14/h5-6,8-9H,3-4,7H2,1-2H3. The van der Waals surface area contributed by atoms with Gasteiger partial charge in [-0.25, -0.2) is 0 Å². The Hall–Kier alpha value is -1.77. The maximum Gasteiger partial charge on any atom is 0.122 e. The van der Waals surface area contributed by atoms with E-state index in [0.29, 0.717) is 0 Å². The highest BCUT2D eigenvalue weighted by Crippen LogP contribution is 2.30. The second-order valence-corrected chi connectivity index (χ2v) is 4.57. The fourth-order valence-corrected chi connectivity index (χ4v) is 2.40. The van der Waals surface area contributed by atoms with Gasteiger partial charge in [-0.15, -0.1) is 0 Å². The lowest BCUT2D eigenvalue weighted by Gasteiger charge is -2.17. The lowest BCUT2D eigenvalue weighted by Crippen LogP contribution is -2.08. The zero-order chi connectivity index (χ0) is 11.8. The van der Waals surface area contributed by atoms with Crippen LogP contribution < -0.4 is 4.74 Å². The van der Waals surface area contributed by atoms with Gasteiger partial charge in [0.2, 0.25) is 0 Å². The topological polar surface area (TPSA) is 27.1 Å². The summed E-state index contributed by atoms with van der Waals surface area (Å²) in [5.41, 5.74) is 4.75. The Morgan fingerprint density at radius 1 is 1.29 bits per heavy atom. The van der Waals surface area contributed by atoms with Crippen LogP contribution in [-0.2, 0) is 13.5 Å². The maximum absolute atomic E-state index is 5.63. The Balaban J connectivity index is 2.06. The van der Waals surface area contributed by atoms with Gasteiger partial charge in [-0.2, -0.15) is 5.10 Å². The van der Waals surface area contributed by atoms with Crippen molar-refractivity contribution in [3.05, 3.63) is 35.5 Å². The van der Waals surface area contributed by atoms with E-state index in [-0.39, 0.29) is 0 Å². The summed E-state index contributed by atoms with van der Waals surface area (Å²) in [7, 11) is 1.98. The van der Waals surface area contributed by atoms with E-state index in [9.17, 15) is 0 Å². The molecule has 2 aromatic rings. The molecular weight excluding hydrogens is 212 g/mol. The van der Waals surface area contributed by atoms with Crippen molar-refractivity contribution in [3.8, 4) is 17.0 Å². The molecule has 3 rings (SSSR count). The van der Waals surface area contributed by atoms with Crippen LogP contribution in [0.25, 0.3) is 11.3 Å². The molecule has 2 heterocycles. The predicted molar refractivity (Wildman–Crippen MR) is 67.2 cm³/mol. The molecule has 1 aromatic heterocycles. The minimum Gasteiger partial charge on any atom is -0.493 e. The number of aryl methyl sites for hydroxylation is 3. The van der Waals surface area contributed by atoms with Gasteiger partial charge in [0.05, 0.1) is 18.0 Å². The Morgan fingerprint density at radius 2 is 2.18 bits per heavy atom. The number of rotatable bonds is 1. The fraction of sp³-hybridized carbons (Fsp3) is 0.357. The van der Waals surface area contributed by atoms with Crippen LogP contribution in [0.1, 0.15) is 17.7 Å². The second-order valence-electron chi connectivity index (χ2n) is 4.57. The fourth-order valence-electron chi connectivity index (χ4n) is 2.40. The molecule has 88 valence electrons. The average Bonchev–Trinajstić information content (AvgIpc) is 2.68. The van der Waals surface area contributed by atoms with Gasteiger partial charge >= 0.3 is 0 Å². The molecular formula is C14H16N2O. The predicted octanol–water partition coefficient (Wildman–Crippen LogP) is 2.72. The Labute approximate surface area is 101 Å². The van der Waals surface area contributed by atoms with Gasteiger partial charge in [0.15, 0.2) is 0 Å². The van der Waals surface area contributed by atoms with Crippen LogP contribution in [0.2, 0.25) is 0 Å². The highest BCUT2D eigenvalue weighted by Gasteiger charge is 2.12. The summed E-state index contributed by atoms with van der Waals surface area (Å²) in [5.74, 6) is 1.04. The monoisotopic (exact) mass is 228 g/mol. The van der Waals surface area contributed by atoms with Gasteiger partial charge in [-0.3, -0.25) is 4.68 Å². The van der Waals surface area contributed by atoms with Crippen LogP contribution in [-0.4, -0.2) is 16.4 Å². The number of hydrogen-bond acceptors (Lipinski definition) is 2. The van der Waals surface area contributed by atoms with E-state index >= 15 is 0 Å². The van der Waals surface area contributed by atoms with E-state index in [2.05, 4.69) is 29.4 Å². The number of fused-ring (bicyclic) bond motifs is 1. The third kappa shape index (κ3) is 1.82. The highest BCUT2D eigenvalue weighted by atomic mass is 16.5. The summed E-state index contributed by atoms with van der Waals surface area (Å²) in [5, 5.41) is 4.38. The van der Waals surface area contributed by atoms with Gasteiger partial charge in [-0.05, 0) is 49.6 Å². The molecule has 0 unspecified atom stereocenters. The molecule has 0 aliphatic carbocycles. The molecule has 3 heteroatoms. The van der Waals surface area contributed by atoms with Crippen LogP contribution >= 0.6 is 0 Å². The number of hydrogen-bond donors (Lipinski definition) is 0. The van der Waals surface area contributed by atoms with Crippen molar-refractivity contribution in [2.24, 2.45) is 7.05 Å². The molecule has 0 N–H and O–H groups in total. The van der Waals surface area contributed by atoms with Crippen molar-refractivity contribution in [2.75, 3.05) is 6.61 Å². The molecule has 0 saturated carbocycles. The molecule has 0 radical (unpaired) electrons.